The highest BCUT2D eigenvalue weighted by Crippen LogP contribution is 2.50. The molecule has 4 aromatic rings. The molecule has 1 aliphatic rings. The summed E-state index contributed by atoms with van der Waals surface area (Å²) >= 11 is 0. The van der Waals surface area contributed by atoms with E-state index in [4.69, 9.17) is 0 Å². The van der Waals surface area contributed by atoms with E-state index in [1.807, 2.05) is 0 Å². The molecule has 0 spiro atoms. The zero-order valence-electron chi connectivity index (χ0n) is 27.8. The molecule has 0 aliphatic heterocycles. The van der Waals surface area contributed by atoms with Crippen molar-refractivity contribution in [2.45, 2.75) is 62.2 Å². The van der Waals surface area contributed by atoms with Gasteiger partial charge in [0.15, 0.2) is 0 Å². The first-order valence-electron chi connectivity index (χ1n) is 15.8. The fourth-order valence-electron chi connectivity index (χ4n) is 5.21. The number of nitrogens with one attached hydrogen (secondary N) is 4. The Hall–Kier alpha value is -5.02. The summed E-state index contributed by atoms with van der Waals surface area (Å²) in [6.07, 6.45) is -0.650. The highest BCUT2D eigenvalue weighted by Gasteiger charge is 2.51. The van der Waals surface area contributed by atoms with Gasteiger partial charge in [0.1, 0.15) is 5.82 Å². The van der Waals surface area contributed by atoms with Gasteiger partial charge in [0.25, 0.3) is 0 Å². The number of aliphatic hydroxyl groups is 1. The van der Waals surface area contributed by atoms with E-state index in [0.717, 1.165) is 12.1 Å². The normalized spacial score (nSPS) is 15.4. The molecule has 1 unspecified atom stereocenters. The topological polar surface area (TPSA) is 158 Å². The maximum atomic E-state index is 13.3. The van der Waals surface area contributed by atoms with Gasteiger partial charge in [-0.25, -0.2) is 14.0 Å². The van der Waals surface area contributed by atoms with Crippen LogP contribution in [0.4, 0.5) is 41.1 Å². The van der Waals surface area contributed by atoms with Gasteiger partial charge in [0.2, 0.25) is 11.9 Å². The SMILES string of the molecule is CC(C)NC(=O)N=S(C)(=O)c1cccc(Nc2ncc(-c3ccc(NC(=O)C4(c5cccc(C(F)(F)F)c5)CC4)cc3)c(N[C@H](C)CO)n2)c1. The quantitative estimate of drug-likeness (QED) is 0.112. The van der Waals surface area contributed by atoms with Crippen molar-refractivity contribution in [2.24, 2.45) is 4.36 Å². The van der Waals surface area contributed by atoms with Crippen LogP contribution in [0.5, 0.6) is 0 Å². The van der Waals surface area contributed by atoms with E-state index in [2.05, 4.69) is 35.6 Å². The van der Waals surface area contributed by atoms with Crippen LogP contribution < -0.4 is 21.3 Å². The van der Waals surface area contributed by atoms with Crippen LogP contribution in [0.15, 0.2) is 88.3 Å². The Bertz CT molecular complexity index is 2010. The Morgan fingerprint density at radius 1 is 1.00 bits per heavy atom. The Balaban J connectivity index is 1.35. The summed E-state index contributed by atoms with van der Waals surface area (Å²) < 4.78 is 57.0. The second-order valence-corrected chi connectivity index (χ2v) is 14.8. The fourth-order valence-corrected chi connectivity index (χ4v) is 6.37. The molecule has 3 amide bonds. The van der Waals surface area contributed by atoms with Crippen molar-refractivity contribution in [1.29, 1.82) is 0 Å². The number of carbonyl (C=O) groups is 2. The van der Waals surface area contributed by atoms with Crippen molar-refractivity contribution in [1.82, 2.24) is 15.3 Å². The number of rotatable bonds is 11. The average molecular weight is 710 g/mol. The number of halogens is 3. The Labute approximate surface area is 288 Å². The van der Waals surface area contributed by atoms with E-state index < -0.39 is 32.9 Å². The predicted molar refractivity (Wildman–Crippen MR) is 187 cm³/mol. The molecule has 0 bridgehead atoms. The molecule has 50 heavy (non-hydrogen) atoms. The van der Waals surface area contributed by atoms with Crippen molar-refractivity contribution in [3.63, 3.8) is 0 Å². The molecule has 1 aromatic heterocycles. The molecule has 2 atom stereocenters. The number of alkyl halides is 3. The van der Waals surface area contributed by atoms with Gasteiger partial charge in [0, 0.05) is 46.4 Å². The molecule has 1 saturated carbocycles. The lowest BCUT2D eigenvalue weighted by atomic mass is 9.93. The number of hydrogen-bond acceptors (Lipinski definition) is 8. The molecule has 3 aromatic carbocycles. The minimum Gasteiger partial charge on any atom is -0.394 e. The smallest absolute Gasteiger partial charge is 0.394 e. The number of nitrogens with zero attached hydrogens (tertiary/aromatic N) is 3. The third kappa shape index (κ3) is 8.58. The van der Waals surface area contributed by atoms with E-state index in [1.54, 1.807) is 81.6 Å². The van der Waals surface area contributed by atoms with Crippen molar-refractivity contribution >= 4 is 44.8 Å². The third-order valence-corrected chi connectivity index (χ3v) is 9.67. The largest absolute Gasteiger partial charge is 0.416 e. The van der Waals surface area contributed by atoms with Gasteiger partial charge in [-0.1, -0.05) is 36.4 Å². The predicted octanol–water partition coefficient (Wildman–Crippen LogP) is 6.94. The monoisotopic (exact) mass is 709 g/mol. The van der Waals surface area contributed by atoms with Crippen LogP contribution in [-0.2, 0) is 26.1 Å². The van der Waals surface area contributed by atoms with Gasteiger partial charge < -0.3 is 26.4 Å². The average Bonchev–Trinajstić information content (AvgIpc) is 3.87. The number of carbonyl (C=O) groups excluding carboxylic acids is 2. The number of benzene rings is 3. The van der Waals surface area contributed by atoms with E-state index in [9.17, 15) is 32.1 Å². The van der Waals surface area contributed by atoms with Crippen LogP contribution in [0, 0.1) is 0 Å². The molecule has 264 valence electrons. The van der Waals surface area contributed by atoms with E-state index in [0.29, 0.717) is 51.6 Å². The number of hydrogen-bond donors (Lipinski definition) is 5. The van der Waals surface area contributed by atoms with Gasteiger partial charge in [0.05, 0.1) is 27.3 Å². The van der Waals surface area contributed by atoms with Gasteiger partial charge >= 0.3 is 12.2 Å². The summed E-state index contributed by atoms with van der Waals surface area (Å²) in [5.41, 5.74) is 0.783. The maximum Gasteiger partial charge on any atom is 0.416 e. The summed E-state index contributed by atoms with van der Waals surface area (Å²) in [6, 6.07) is 17.2. The van der Waals surface area contributed by atoms with E-state index in [-0.39, 0.29) is 30.5 Å². The Kier molecular flexibility index (Phi) is 10.5. The third-order valence-electron chi connectivity index (χ3n) is 8.02. The first-order valence-corrected chi connectivity index (χ1v) is 17.8. The van der Waals surface area contributed by atoms with Crippen molar-refractivity contribution in [3.8, 4) is 11.1 Å². The summed E-state index contributed by atoms with van der Waals surface area (Å²) in [5.74, 6) is 0.222. The fraction of sp³-hybridized carbons (Fsp3) is 0.314. The van der Waals surface area contributed by atoms with Crippen molar-refractivity contribution < 1.29 is 32.1 Å². The molecule has 15 heteroatoms. The molecular formula is C35H38F3N7O4S. The van der Waals surface area contributed by atoms with Crippen LogP contribution in [0.3, 0.4) is 0 Å². The Morgan fingerprint density at radius 3 is 2.34 bits per heavy atom. The van der Waals surface area contributed by atoms with Crippen LogP contribution in [-0.4, -0.2) is 56.2 Å². The van der Waals surface area contributed by atoms with Gasteiger partial charge in [-0.05, 0) is 81.1 Å². The summed E-state index contributed by atoms with van der Waals surface area (Å²) in [4.78, 5) is 34.8. The van der Waals surface area contributed by atoms with Crippen molar-refractivity contribution in [3.05, 3.63) is 90.1 Å². The second kappa shape index (κ2) is 14.5. The number of aromatic nitrogens is 2. The minimum atomic E-state index is -4.51. The lowest BCUT2D eigenvalue weighted by Crippen LogP contribution is -2.28. The molecule has 0 radical (unpaired) electrons. The molecular weight excluding hydrogens is 671 g/mol. The van der Waals surface area contributed by atoms with Gasteiger partial charge in [-0.2, -0.15) is 18.2 Å². The Morgan fingerprint density at radius 2 is 1.70 bits per heavy atom. The minimum absolute atomic E-state index is 0.161. The number of urea groups is 1. The van der Waals surface area contributed by atoms with Crippen LogP contribution in [0.2, 0.25) is 0 Å². The van der Waals surface area contributed by atoms with Crippen LogP contribution in [0.25, 0.3) is 11.1 Å². The molecule has 1 aliphatic carbocycles. The summed E-state index contributed by atoms with van der Waals surface area (Å²) in [6.45, 7) is 5.15. The summed E-state index contributed by atoms with van der Waals surface area (Å²) in [5, 5.41) is 21.4. The lowest BCUT2D eigenvalue weighted by molar-refractivity contribution is -0.137. The summed E-state index contributed by atoms with van der Waals surface area (Å²) in [7, 11) is -3.05. The number of anilines is 4. The van der Waals surface area contributed by atoms with Crippen molar-refractivity contribution in [2.75, 3.05) is 28.8 Å². The number of aliphatic hydroxyl groups excluding tert-OH is 1. The molecule has 0 saturated heterocycles. The van der Waals surface area contributed by atoms with E-state index in [1.165, 1.54) is 12.3 Å². The van der Waals surface area contributed by atoms with Gasteiger partial charge in [-0.3, -0.25) is 4.79 Å². The molecule has 11 nitrogen and oxygen atoms in total. The molecule has 5 rings (SSSR count). The molecule has 5 N–H and O–H groups in total. The lowest BCUT2D eigenvalue weighted by Gasteiger charge is -2.18. The molecule has 1 heterocycles. The first kappa shape index (κ1) is 36.3. The van der Waals surface area contributed by atoms with Crippen LogP contribution in [0.1, 0.15) is 44.7 Å². The highest BCUT2D eigenvalue weighted by atomic mass is 32.2. The second-order valence-electron chi connectivity index (χ2n) is 12.5. The zero-order chi connectivity index (χ0) is 36.3. The van der Waals surface area contributed by atoms with Gasteiger partial charge in [-0.15, -0.1) is 4.36 Å². The first-order chi connectivity index (χ1) is 23.6. The number of amides is 3. The highest BCUT2D eigenvalue weighted by molar-refractivity contribution is 7.93. The standard InChI is InChI=1S/C35H38F3N7O4S/c1-21(2)40-33(48)45-50(4,49)28-10-6-9-27(18-28)43-32-39-19-29(30(44-32)41-22(3)20-46)23-11-13-26(14-12-23)42-31(47)34(15-16-34)24-7-5-8-25(17-24)35(36,37)38/h5-14,17-19,21-22,46H,15-16,20H2,1-4H3,(H,40,48)(H,42,47)(H2,39,41,43,44)/t22-,50?/m1/s1. The van der Waals surface area contributed by atoms with Crippen LogP contribution >= 0.6 is 0 Å². The maximum absolute atomic E-state index is 13.3. The van der Waals surface area contributed by atoms with E-state index >= 15 is 0 Å². The molecule has 1 fully saturated rings. The zero-order valence-corrected chi connectivity index (χ0v) is 28.7.